The second-order valence-corrected chi connectivity index (χ2v) is 2.97. The highest BCUT2D eigenvalue weighted by atomic mass is 79.9. The minimum Gasteiger partial charge on any atom is -0.109 e. The first-order valence-electron chi connectivity index (χ1n) is 0.988. The van der Waals surface area contributed by atoms with Crippen molar-refractivity contribution in [1.29, 1.82) is 0 Å². The summed E-state index contributed by atoms with van der Waals surface area (Å²) < 4.78 is -0.0394. The van der Waals surface area contributed by atoms with Crippen molar-refractivity contribution in [3.05, 3.63) is 5.33 Å². The second-order valence-electron chi connectivity index (χ2n) is 0.460. The molecule has 0 nitrogen and oxygen atoms in total. The molecule has 0 aliphatic rings. The lowest BCUT2D eigenvalue weighted by Crippen LogP contribution is -1.72. The number of halogens is 3. The summed E-state index contributed by atoms with van der Waals surface area (Å²) in [6.07, 6.45) is 0. The molecule has 0 N–H and O–H groups in total. The predicted molar refractivity (Wildman–Crippen MR) is 31.8 cm³/mol. The molecule has 5 heavy (non-hydrogen) atoms. The molecule has 0 aromatic rings. The third-order valence-corrected chi connectivity index (χ3v) is 2.03. The van der Waals surface area contributed by atoms with Crippen LogP contribution in [0.1, 0.15) is 0 Å². The maximum atomic E-state index is 5.28. The number of alkyl halides is 2. The quantitative estimate of drug-likeness (QED) is 0.597. The van der Waals surface area contributed by atoms with Gasteiger partial charge in [-0.25, -0.2) is 0 Å². The van der Waals surface area contributed by atoms with Crippen LogP contribution in [0.25, 0.3) is 0 Å². The molecule has 31 valence electrons. The van der Waals surface area contributed by atoms with Gasteiger partial charge in [-0.15, -0.1) is 11.6 Å². The molecule has 0 aromatic heterocycles. The molecule has 0 heterocycles. The van der Waals surface area contributed by atoms with E-state index in [0.717, 1.165) is 0 Å². The van der Waals surface area contributed by atoms with Crippen LogP contribution >= 0.6 is 43.5 Å². The Morgan fingerprint density at radius 1 is 1.80 bits per heavy atom. The lowest BCUT2D eigenvalue weighted by molar-refractivity contribution is 1.66. The van der Waals surface area contributed by atoms with E-state index in [4.69, 9.17) is 11.6 Å². The van der Waals surface area contributed by atoms with Crippen molar-refractivity contribution in [3.63, 3.8) is 0 Å². The monoisotopic (exact) mass is 219 g/mol. The van der Waals surface area contributed by atoms with Crippen LogP contribution in [0.5, 0.6) is 0 Å². The zero-order chi connectivity index (χ0) is 4.28. The lowest BCUT2D eigenvalue weighted by Gasteiger charge is -1.82. The van der Waals surface area contributed by atoms with Crippen molar-refractivity contribution in [3.8, 4) is 0 Å². The molecule has 0 saturated heterocycles. The van der Waals surface area contributed by atoms with E-state index >= 15 is 0 Å². The van der Waals surface area contributed by atoms with Gasteiger partial charge in [-0.1, -0.05) is 31.9 Å². The topological polar surface area (TPSA) is 0 Å². The molecule has 0 aliphatic heterocycles. The van der Waals surface area contributed by atoms with Crippen molar-refractivity contribution < 1.29 is 0 Å². The summed E-state index contributed by atoms with van der Waals surface area (Å²) in [4.78, 5) is 0. The Hall–Kier alpha value is 1.25. The molecule has 0 bridgehead atoms. The number of hydrogen-bond acceptors (Lipinski definition) is 0. The summed E-state index contributed by atoms with van der Waals surface area (Å²) >= 11 is 11.3. The summed E-state index contributed by atoms with van der Waals surface area (Å²) in [5, 5.41) is 1.66. The van der Waals surface area contributed by atoms with Gasteiger partial charge in [-0.3, -0.25) is 0 Å². The molecule has 1 radical (unpaired) electrons. The largest absolute Gasteiger partial charge is 0.109 e. The van der Waals surface area contributed by atoms with Gasteiger partial charge in [0.05, 0.1) is 5.33 Å². The van der Waals surface area contributed by atoms with Crippen LogP contribution in [0.2, 0.25) is 0 Å². The first-order chi connectivity index (χ1) is 2.27. The van der Waals surface area contributed by atoms with Gasteiger partial charge >= 0.3 is 0 Å². The molecular formula is C2H2Br2Cl. The maximum Gasteiger partial charge on any atom is 0.102 e. The minimum absolute atomic E-state index is 0.0394. The molecule has 3 heteroatoms. The fourth-order valence-electron chi connectivity index (χ4n) is 0. The van der Waals surface area contributed by atoms with E-state index in [1.165, 1.54) is 0 Å². The smallest absolute Gasteiger partial charge is 0.102 e. The number of hydrogen-bond donors (Lipinski definition) is 0. The highest BCUT2D eigenvalue weighted by molar-refractivity contribution is 9.13. The van der Waals surface area contributed by atoms with Crippen LogP contribution < -0.4 is 0 Å². The van der Waals surface area contributed by atoms with Crippen LogP contribution in [0.4, 0.5) is 0 Å². The van der Waals surface area contributed by atoms with Gasteiger partial charge < -0.3 is 0 Å². The van der Waals surface area contributed by atoms with Gasteiger partial charge in [0.2, 0.25) is 0 Å². The average Bonchev–Trinajstić information content (AvgIpc) is 1.38. The van der Waals surface area contributed by atoms with E-state index in [1.807, 2.05) is 0 Å². The van der Waals surface area contributed by atoms with Crippen molar-refractivity contribution in [2.75, 3.05) is 0 Å². The van der Waals surface area contributed by atoms with Gasteiger partial charge in [0.25, 0.3) is 0 Å². The minimum atomic E-state index is -0.0394. The Morgan fingerprint density at radius 3 is 2.00 bits per heavy atom. The third kappa shape index (κ3) is 5.25. The van der Waals surface area contributed by atoms with E-state index in [2.05, 4.69) is 31.9 Å². The lowest BCUT2D eigenvalue weighted by atomic mass is 11.0. The van der Waals surface area contributed by atoms with Crippen LogP contribution in [0.3, 0.4) is 0 Å². The SMILES string of the molecule is ClC(Br)[CH]Br. The average molecular weight is 221 g/mol. The Bertz CT molecular complexity index is 21.6. The van der Waals surface area contributed by atoms with Crippen LogP contribution in [0.15, 0.2) is 0 Å². The van der Waals surface area contributed by atoms with E-state index < -0.39 is 0 Å². The summed E-state index contributed by atoms with van der Waals surface area (Å²) in [6.45, 7) is 0. The van der Waals surface area contributed by atoms with Gasteiger partial charge in [0.15, 0.2) is 0 Å². The highest BCUT2D eigenvalue weighted by Crippen LogP contribution is 2.11. The van der Waals surface area contributed by atoms with Gasteiger partial charge in [0.1, 0.15) is 4.29 Å². The summed E-state index contributed by atoms with van der Waals surface area (Å²) in [5.74, 6) is 0. The van der Waals surface area contributed by atoms with Crippen molar-refractivity contribution in [2.45, 2.75) is 4.29 Å². The fraction of sp³-hybridized carbons (Fsp3) is 0.500. The summed E-state index contributed by atoms with van der Waals surface area (Å²) in [5.41, 5.74) is 0. The first-order valence-corrected chi connectivity index (χ1v) is 3.26. The van der Waals surface area contributed by atoms with Gasteiger partial charge in [0, 0.05) is 0 Å². The molecule has 0 aromatic carbocycles. The zero-order valence-electron chi connectivity index (χ0n) is 2.29. The van der Waals surface area contributed by atoms with E-state index in [9.17, 15) is 0 Å². The standard InChI is InChI=1S/C2H2Br2Cl/c3-1-2(4)5/h1-2H. The Labute approximate surface area is 53.1 Å². The molecule has 0 fully saturated rings. The molecule has 0 spiro atoms. The van der Waals surface area contributed by atoms with E-state index in [-0.39, 0.29) is 4.29 Å². The first kappa shape index (κ1) is 6.25. The highest BCUT2D eigenvalue weighted by Gasteiger charge is 1.88. The zero-order valence-corrected chi connectivity index (χ0v) is 6.22. The third-order valence-electron chi connectivity index (χ3n) is 0.0952. The van der Waals surface area contributed by atoms with Gasteiger partial charge in [-0.2, -0.15) is 0 Å². The Balaban J connectivity index is 2.54. The van der Waals surface area contributed by atoms with E-state index in [1.54, 1.807) is 5.33 Å². The van der Waals surface area contributed by atoms with Crippen LogP contribution in [0, 0.1) is 5.33 Å². The Morgan fingerprint density at radius 2 is 2.00 bits per heavy atom. The molecule has 0 saturated carbocycles. The molecule has 0 rings (SSSR count). The number of rotatable bonds is 1. The molecule has 0 aliphatic carbocycles. The molecular weight excluding hydrogens is 219 g/mol. The normalized spacial score (nSPS) is 15.0. The predicted octanol–water partition coefficient (Wildman–Crippen LogP) is 2.50. The van der Waals surface area contributed by atoms with Crippen LogP contribution in [-0.2, 0) is 0 Å². The van der Waals surface area contributed by atoms with Crippen molar-refractivity contribution >= 4 is 43.5 Å². The van der Waals surface area contributed by atoms with Crippen molar-refractivity contribution in [1.82, 2.24) is 0 Å². The fourth-order valence-corrected chi connectivity index (χ4v) is 0. The summed E-state index contributed by atoms with van der Waals surface area (Å²) in [6, 6.07) is 0. The van der Waals surface area contributed by atoms with Gasteiger partial charge in [-0.05, 0) is 0 Å². The molecule has 1 atom stereocenters. The second kappa shape index (κ2) is 3.44. The summed E-state index contributed by atoms with van der Waals surface area (Å²) in [7, 11) is 0. The Kier molecular flexibility index (Phi) is 4.30. The molecule has 0 amide bonds. The maximum absolute atomic E-state index is 5.28. The van der Waals surface area contributed by atoms with E-state index in [0.29, 0.717) is 0 Å². The molecule has 1 unspecified atom stereocenters. The van der Waals surface area contributed by atoms with Crippen molar-refractivity contribution in [2.24, 2.45) is 0 Å². The van der Waals surface area contributed by atoms with Crippen LogP contribution in [-0.4, -0.2) is 4.29 Å².